The molecule has 0 aromatic carbocycles. The van der Waals surface area contributed by atoms with Crippen molar-refractivity contribution < 1.29 is 0 Å². The van der Waals surface area contributed by atoms with Gasteiger partial charge in [-0.1, -0.05) is 25.6 Å². The highest BCUT2D eigenvalue weighted by Gasteiger charge is 2.36. The zero-order valence-corrected chi connectivity index (χ0v) is 13.6. The Morgan fingerprint density at radius 3 is 2.60 bits per heavy atom. The lowest BCUT2D eigenvalue weighted by Gasteiger charge is -2.17. The zero-order valence-electron chi connectivity index (χ0n) is 12.8. The fourth-order valence-electron chi connectivity index (χ4n) is 2.82. The van der Waals surface area contributed by atoms with Gasteiger partial charge in [-0.2, -0.15) is 0 Å². The summed E-state index contributed by atoms with van der Waals surface area (Å²) in [5.74, 6) is 1.97. The van der Waals surface area contributed by atoms with Crippen molar-refractivity contribution in [3.05, 3.63) is 5.82 Å². The predicted molar refractivity (Wildman–Crippen MR) is 83.3 cm³/mol. The second-order valence-corrected chi connectivity index (χ2v) is 7.74. The van der Waals surface area contributed by atoms with Crippen molar-refractivity contribution in [2.75, 3.05) is 6.54 Å². The van der Waals surface area contributed by atoms with Gasteiger partial charge in [0, 0.05) is 23.3 Å². The first kappa shape index (κ1) is 14.4. The lowest BCUT2D eigenvalue weighted by Crippen LogP contribution is -2.28. The molecular weight excluding hydrogens is 268 g/mol. The van der Waals surface area contributed by atoms with Crippen LogP contribution in [-0.4, -0.2) is 32.6 Å². The average Bonchev–Trinajstić information content (AvgIpc) is 3.29. The van der Waals surface area contributed by atoms with E-state index in [9.17, 15) is 0 Å². The van der Waals surface area contributed by atoms with E-state index in [1.54, 1.807) is 0 Å². The number of rotatable bonds is 8. The molecule has 2 atom stereocenters. The molecule has 4 nitrogen and oxygen atoms in total. The molecule has 2 aliphatic carbocycles. The molecular formula is C15H26N4S. The number of nitrogens with zero attached hydrogens (tertiary/aromatic N) is 3. The van der Waals surface area contributed by atoms with E-state index in [2.05, 4.69) is 40.9 Å². The third-order valence-electron chi connectivity index (χ3n) is 4.09. The van der Waals surface area contributed by atoms with Crippen LogP contribution in [0.3, 0.4) is 0 Å². The Morgan fingerprint density at radius 2 is 2.00 bits per heavy atom. The molecule has 3 rings (SSSR count). The highest BCUT2D eigenvalue weighted by Crippen LogP contribution is 2.46. The van der Waals surface area contributed by atoms with Gasteiger partial charge in [0.1, 0.15) is 5.82 Å². The first-order valence-corrected chi connectivity index (χ1v) is 8.91. The monoisotopic (exact) mass is 294 g/mol. The first-order chi connectivity index (χ1) is 9.69. The number of thioether (sulfide) groups is 1. The quantitative estimate of drug-likeness (QED) is 0.747. The molecule has 0 aliphatic heterocycles. The van der Waals surface area contributed by atoms with Crippen LogP contribution in [0.1, 0.15) is 70.7 Å². The zero-order chi connectivity index (χ0) is 14.1. The molecule has 2 saturated carbocycles. The largest absolute Gasteiger partial charge is 0.314 e. The summed E-state index contributed by atoms with van der Waals surface area (Å²) in [6, 6.07) is 1.27. The fourth-order valence-corrected chi connectivity index (χ4v) is 4.01. The molecule has 112 valence electrons. The fraction of sp³-hybridized carbons (Fsp3) is 0.867. The minimum absolute atomic E-state index is 0.572. The Balaban J connectivity index is 1.64. The normalized spacial score (nSPS) is 21.9. The van der Waals surface area contributed by atoms with E-state index < -0.39 is 0 Å². The van der Waals surface area contributed by atoms with Gasteiger partial charge >= 0.3 is 0 Å². The maximum atomic E-state index is 4.49. The maximum absolute atomic E-state index is 4.49. The van der Waals surface area contributed by atoms with Crippen LogP contribution in [0.5, 0.6) is 0 Å². The number of hydrogen-bond acceptors (Lipinski definition) is 4. The SMILES string of the molecule is CCNC(C)CC(C)Sc1nnc(C2CC2)n1C1CC1. The summed E-state index contributed by atoms with van der Waals surface area (Å²) in [7, 11) is 0. The number of nitrogens with one attached hydrogen (secondary N) is 1. The summed E-state index contributed by atoms with van der Waals surface area (Å²) < 4.78 is 2.46. The average molecular weight is 294 g/mol. The van der Waals surface area contributed by atoms with Gasteiger partial charge in [0.05, 0.1) is 0 Å². The van der Waals surface area contributed by atoms with Crippen LogP contribution in [0.4, 0.5) is 0 Å². The van der Waals surface area contributed by atoms with Gasteiger partial charge in [-0.3, -0.25) is 0 Å². The van der Waals surface area contributed by atoms with Gasteiger partial charge in [0.15, 0.2) is 5.16 Å². The van der Waals surface area contributed by atoms with Crippen LogP contribution in [0.2, 0.25) is 0 Å². The van der Waals surface area contributed by atoms with Gasteiger partial charge in [0.2, 0.25) is 0 Å². The molecule has 1 aromatic heterocycles. The van der Waals surface area contributed by atoms with Crippen molar-refractivity contribution in [3.63, 3.8) is 0 Å². The smallest absolute Gasteiger partial charge is 0.191 e. The van der Waals surface area contributed by atoms with Crippen molar-refractivity contribution in [1.29, 1.82) is 0 Å². The molecule has 0 bridgehead atoms. The van der Waals surface area contributed by atoms with Crippen LogP contribution in [0, 0.1) is 0 Å². The molecule has 2 aliphatic rings. The second kappa shape index (κ2) is 6.06. The third-order valence-corrected chi connectivity index (χ3v) is 5.17. The molecule has 2 unspecified atom stereocenters. The van der Waals surface area contributed by atoms with Crippen LogP contribution in [0.15, 0.2) is 5.16 Å². The summed E-state index contributed by atoms with van der Waals surface area (Å²) >= 11 is 1.91. The van der Waals surface area contributed by atoms with E-state index in [0.29, 0.717) is 23.3 Å². The van der Waals surface area contributed by atoms with E-state index in [0.717, 1.165) is 11.7 Å². The van der Waals surface area contributed by atoms with Gasteiger partial charge in [-0.25, -0.2) is 0 Å². The molecule has 1 heterocycles. The Bertz CT molecular complexity index is 451. The summed E-state index contributed by atoms with van der Waals surface area (Å²) in [5.41, 5.74) is 0. The second-order valence-electron chi connectivity index (χ2n) is 6.34. The molecule has 1 aromatic rings. The van der Waals surface area contributed by atoms with Gasteiger partial charge in [-0.15, -0.1) is 10.2 Å². The predicted octanol–water partition coefficient (Wildman–Crippen LogP) is 3.36. The number of aromatic nitrogens is 3. The topological polar surface area (TPSA) is 42.7 Å². The standard InChI is InChI=1S/C15H26N4S/c1-4-16-10(2)9-11(3)20-15-18-17-14(12-5-6-12)19(15)13-7-8-13/h10-13,16H,4-9H2,1-3H3. The van der Waals surface area contributed by atoms with Gasteiger partial charge in [-0.05, 0) is 45.6 Å². The molecule has 1 N–H and O–H groups in total. The van der Waals surface area contributed by atoms with Crippen LogP contribution in [-0.2, 0) is 0 Å². The number of hydrogen-bond donors (Lipinski definition) is 1. The molecule has 0 saturated heterocycles. The maximum Gasteiger partial charge on any atom is 0.191 e. The summed E-state index contributed by atoms with van der Waals surface area (Å²) in [4.78, 5) is 0. The highest BCUT2D eigenvalue weighted by atomic mass is 32.2. The minimum atomic E-state index is 0.572. The Labute approximate surface area is 126 Å². The van der Waals surface area contributed by atoms with E-state index in [4.69, 9.17) is 0 Å². The van der Waals surface area contributed by atoms with E-state index in [-0.39, 0.29) is 0 Å². The Kier molecular flexibility index (Phi) is 4.36. The van der Waals surface area contributed by atoms with Crippen molar-refractivity contribution in [2.24, 2.45) is 0 Å². The van der Waals surface area contributed by atoms with Gasteiger partial charge < -0.3 is 9.88 Å². The van der Waals surface area contributed by atoms with Crippen LogP contribution in [0.25, 0.3) is 0 Å². The van der Waals surface area contributed by atoms with Gasteiger partial charge in [0.25, 0.3) is 0 Å². The molecule has 20 heavy (non-hydrogen) atoms. The minimum Gasteiger partial charge on any atom is -0.314 e. The summed E-state index contributed by atoms with van der Waals surface area (Å²) in [5, 5.41) is 14.2. The Morgan fingerprint density at radius 1 is 1.25 bits per heavy atom. The molecule has 0 spiro atoms. The summed E-state index contributed by atoms with van der Waals surface area (Å²) in [6.07, 6.45) is 6.42. The van der Waals surface area contributed by atoms with Crippen molar-refractivity contribution >= 4 is 11.8 Å². The molecule has 5 heteroatoms. The molecule has 0 amide bonds. The van der Waals surface area contributed by atoms with Crippen molar-refractivity contribution in [1.82, 2.24) is 20.1 Å². The summed E-state index contributed by atoms with van der Waals surface area (Å²) in [6.45, 7) is 7.78. The van der Waals surface area contributed by atoms with E-state index in [1.807, 2.05) is 11.8 Å². The van der Waals surface area contributed by atoms with Crippen molar-refractivity contribution in [3.8, 4) is 0 Å². The first-order valence-electron chi connectivity index (χ1n) is 8.03. The van der Waals surface area contributed by atoms with Crippen LogP contribution >= 0.6 is 11.8 Å². The molecule has 2 fully saturated rings. The van der Waals surface area contributed by atoms with E-state index >= 15 is 0 Å². The lowest BCUT2D eigenvalue weighted by molar-refractivity contribution is 0.528. The highest BCUT2D eigenvalue weighted by molar-refractivity contribution is 7.99. The van der Waals surface area contributed by atoms with E-state index in [1.165, 1.54) is 37.9 Å². The third kappa shape index (κ3) is 3.37. The van der Waals surface area contributed by atoms with Crippen LogP contribution < -0.4 is 5.32 Å². The Hall–Kier alpha value is -0.550. The lowest BCUT2D eigenvalue weighted by atomic mass is 10.2. The molecule has 0 radical (unpaired) electrons. The van der Waals surface area contributed by atoms with Crippen molar-refractivity contribution in [2.45, 2.75) is 81.3 Å².